The third-order valence-electron chi connectivity index (χ3n) is 3.49. The normalized spacial score (nSPS) is 29.9. The van der Waals surface area contributed by atoms with Crippen LogP contribution in [0.5, 0.6) is 0 Å². The number of nitrogens with zero attached hydrogens (tertiary/aromatic N) is 1. The van der Waals surface area contributed by atoms with E-state index in [4.69, 9.17) is 10.00 Å². The first-order valence-corrected chi connectivity index (χ1v) is 5.30. The van der Waals surface area contributed by atoms with Crippen LogP contribution in [0.3, 0.4) is 0 Å². The number of epoxide rings is 1. The molecule has 0 spiro atoms. The molecule has 15 heavy (non-hydrogen) atoms. The minimum absolute atomic E-state index is 0.242. The van der Waals surface area contributed by atoms with E-state index in [-0.39, 0.29) is 11.5 Å². The Hall–Kier alpha value is -1.33. The Bertz CT molecular complexity index is 470. The molecule has 2 heteroatoms. The van der Waals surface area contributed by atoms with Gasteiger partial charge in [0.1, 0.15) is 6.10 Å². The molecule has 3 rings (SSSR count). The van der Waals surface area contributed by atoms with Crippen LogP contribution in [-0.4, -0.2) is 6.10 Å². The van der Waals surface area contributed by atoms with Gasteiger partial charge < -0.3 is 4.74 Å². The number of ether oxygens (including phenoxy) is 1. The lowest BCUT2D eigenvalue weighted by Crippen LogP contribution is -2.26. The van der Waals surface area contributed by atoms with E-state index >= 15 is 0 Å². The molecule has 76 valence electrons. The zero-order valence-corrected chi connectivity index (χ0v) is 8.95. The third-order valence-corrected chi connectivity index (χ3v) is 3.49. The molecular formula is C13H13NO. The Morgan fingerprint density at radius 1 is 1.47 bits per heavy atom. The monoisotopic (exact) mass is 199 g/mol. The highest BCUT2D eigenvalue weighted by atomic mass is 16.6. The Morgan fingerprint density at radius 2 is 2.27 bits per heavy atom. The Labute approximate surface area is 89.5 Å². The van der Waals surface area contributed by atoms with Gasteiger partial charge in [0.15, 0.2) is 0 Å². The molecule has 0 aromatic heterocycles. The molecule has 0 saturated carbocycles. The molecule has 1 aliphatic carbocycles. The van der Waals surface area contributed by atoms with Gasteiger partial charge in [-0.25, -0.2) is 0 Å². The van der Waals surface area contributed by atoms with Gasteiger partial charge in [0.05, 0.1) is 17.7 Å². The van der Waals surface area contributed by atoms with E-state index in [1.54, 1.807) is 0 Å². The second-order valence-corrected chi connectivity index (χ2v) is 5.17. The molecule has 2 aliphatic rings. The third kappa shape index (κ3) is 1.20. The molecule has 0 amide bonds. The fraction of sp³-hybridized carbons (Fsp3) is 0.462. The maximum absolute atomic E-state index is 8.85. The largest absolute Gasteiger partial charge is 0.364 e. The predicted octanol–water partition coefficient (Wildman–Crippen LogP) is 2.58. The van der Waals surface area contributed by atoms with Crippen molar-refractivity contribution < 1.29 is 4.74 Å². The second-order valence-electron chi connectivity index (χ2n) is 5.17. The maximum Gasteiger partial charge on any atom is 0.110 e. The highest BCUT2D eigenvalue weighted by Crippen LogP contribution is 2.55. The fourth-order valence-corrected chi connectivity index (χ4v) is 2.62. The fourth-order valence-electron chi connectivity index (χ4n) is 2.62. The van der Waals surface area contributed by atoms with E-state index in [2.05, 4.69) is 26.0 Å². The molecule has 2 atom stereocenters. The first kappa shape index (κ1) is 8.94. The predicted molar refractivity (Wildman–Crippen MR) is 56.3 cm³/mol. The van der Waals surface area contributed by atoms with Gasteiger partial charge in [0, 0.05) is 0 Å². The maximum atomic E-state index is 8.85. The SMILES string of the molecule is CC1(C)Cc2ccc(C#N)cc2[C@H]2O[C@@H]21. The van der Waals surface area contributed by atoms with E-state index in [0.29, 0.717) is 6.10 Å². The number of nitriles is 1. The van der Waals surface area contributed by atoms with E-state index in [1.165, 1.54) is 11.1 Å². The molecule has 1 saturated heterocycles. The smallest absolute Gasteiger partial charge is 0.110 e. The van der Waals surface area contributed by atoms with Crippen LogP contribution in [0.25, 0.3) is 0 Å². The molecule has 1 aliphatic heterocycles. The summed E-state index contributed by atoms with van der Waals surface area (Å²) in [6.07, 6.45) is 1.66. The van der Waals surface area contributed by atoms with E-state index in [1.807, 2.05) is 12.1 Å². The topological polar surface area (TPSA) is 36.3 Å². The van der Waals surface area contributed by atoms with Crippen molar-refractivity contribution >= 4 is 0 Å². The van der Waals surface area contributed by atoms with Gasteiger partial charge in [-0.05, 0) is 35.1 Å². The summed E-state index contributed by atoms with van der Waals surface area (Å²) in [4.78, 5) is 0. The average Bonchev–Trinajstić information content (AvgIpc) is 2.97. The van der Waals surface area contributed by atoms with Crippen LogP contribution in [0.2, 0.25) is 0 Å². The van der Waals surface area contributed by atoms with Gasteiger partial charge in [-0.1, -0.05) is 19.9 Å². The lowest BCUT2D eigenvalue weighted by molar-refractivity contribution is 0.242. The number of benzene rings is 1. The molecular weight excluding hydrogens is 186 g/mol. The Kier molecular flexibility index (Phi) is 1.56. The van der Waals surface area contributed by atoms with Crippen LogP contribution in [0.1, 0.15) is 36.6 Å². The molecule has 1 heterocycles. The highest BCUT2D eigenvalue weighted by Gasteiger charge is 2.54. The van der Waals surface area contributed by atoms with Crippen molar-refractivity contribution in [3.8, 4) is 6.07 Å². The van der Waals surface area contributed by atoms with Gasteiger partial charge in [0.25, 0.3) is 0 Å². The van der Waals surface area contributed by atoms with Crippen LogP contribution in [-0.2, 0) is 11.2 Å². The van der Waals surface area contributed by atoms with Crippen molar-refractivity contribution in [2.45, 2.75) is 32.5 Å². The number of hydrogen-bond acceptors (Lipinski definition) is 2. The zero-order valence-electron chi connectivity index (χ0n) is 8.95. The lowest BCUT2D eigenvalue weighted by atomic mass is 9.74. The van der Waals surface area contributed by atoms with E-state index in [9.17, 15) is 0 Å². The molecule has 0 N–H and O–H groups in total. The van der Waals surface area contributed by atoms with Crippen LogP contribution < -0.4 is 0 Å². The van der Waals surface area contributed by atoms with Crippen LogP contribution >= 0.6 is 0 Å². The summed E-state index contributed by atoms with van der Waals surface area (Å²) in [5.41, 5.74) is 3.56. The summed E-state index contributed by atoms with van der Waals surface area (Å²) in [6.45, 7) is 4.50. The molecule has 0 radical (unpaired) electrons. The quantitative estimate of drug-likeness (QED) is 0.602. The number of hydrogen-bond donors (Lipinski definition) is 0. The Morgan fingerprint density at radius 3 is 3.00 bits per heavy atom. The first-order valence-electron chi connectivity index (χ1n) is 5.30. The summed E-state index contributed by atoms with van der Waals surface area (Å²) in [5, 5.41) is 8.85. The van der Waals surface area contributed by atoms with Gasteiger partial charge in [0.2, 0.25) is 0 Å². The van der Waals surface area contributed by atoms with Crippen LogP contribution in [0.4, 0.5) is 0 Å². The summed E-state index contributed by atoms with van der Waals surface area (Å²) in [6, 6.07) is 8.14. The van der Waals surface area contributed by atoms with E-state index in [0.717, 1.165) is 12.0 Å². The lowest BCUT2D eigenvalue weighted by Gasteiger charge is -2.27. The van der Waals surface area contributed by atoms with Gasteiger partial charge in [-0.2, -0.15) is 5.26 Å². The number of rotatable bonds is 0. The minimum atomic E-state index is 0.242. The van der Waals surface area contributed by atoms with E-state index < -0.39 is 0 Å². The van der Waals surface area contributed by atoms with Crippen molar-refractivity contribution in [2.75, 3.05) is 0 Å². The summed E-state index contributed by atoms with van der Waals surface area (Å²) >= 11 is 0. The second kappa shape index (κ2) is 2.62. The van der Waals surface area contributed by atoms with Crippen molar-refractivity contribution in [2.24, 2.45) is 5.41 Å². The first-order chi connectivity index (χ1) is 7.12. The van der Waals surface area contributed by atoms with Crippen molar-refractivity contribution in [3.63, 3.8) is 0 Å². The minimum Gasteiger partial charge on any atom is -0.364 e. The van der Waals surface area contributed by atoms with Crippen LogP contribution in [0.15, 0.2) is 18.2 Å². The van der Waals surface area contributed by atoms with Crippen molar-refractivity contribution in [1.29, 1.82) is 5.26 Å². The molecule has 1 fully saturated rings. The summed E-state index contributed by atoms with van der Waals surface area (Å²) in [5.74, 6) is 0. The highest BCUT2D eigenvalue weighted by molar-refractivity contribution is 5.44. The summed E-state index contributed by atoms with van der Waals surface area (Å²) in [7, 11) is 0. The molecule has 0 unspecified atom stereocenters. The molecule has 1 aromatic carbocycles. The van der Waals surface area contributed by atoms with Gasteiger partial charge in [-0.15, -0.1) is 0 Å². The van der Waals surface area contributed by atoms with Crippen molar-refractivity contribution in [1.82, 2.24) is 0 Å². The molecule has 2 nitrogen and oxygen atoms in total. The number of fused-ring (bicyclic) bond motifs is 3. The average molecular weight is 199 g/mol. The van der Waals surface area contributed by atoms with Crippen LogP contribution in [0, 0.1) is 16.7 Å². The standard InChI is InChI=1S/C13H13NO/c1-13(2)6-9-4-3-8(7-14)5-10(9)11-12(13)15-11/h3-5,11-12H,6H2,1-2H3/t11-,12+/m1/s1. The Balaban J connectivity index is 2.10. The zero-order chi connectivity index (χ0) is 10.6. The van der Waals surface area contributed by atoms with Gasteiger partial charge >= 0.3 is 0 Å². The van der Waals surface area contributed by atoms with Crippen molar-refractivity contribution in [3.05, 3.63) is 34.9 Å². The summed E-state index contributed by atoms with van der Waals surface area (Å²) < 4.78 is 5.71. The molecule has 0 bridgehead atoms. The molecule has 1 aromatic rings. The van der Waals surface area contributed by atoms with Gasteiger partial charge in [-0.3, -0.25) is 0 Å².